The van der Waals surface area contributed by atoms with Gasteiger partial charge in [-0.3, -0.25) is 14.9 Å². The van der Waals surface area contributed by atoms with Crippen molar-refractivity contribution < 1.29 is 9.59 Å². The molecule has 0 unspecified atom stereocenters. The van der Waals surface area contributed by atoms with Gasteiger partial charge in [-0.25, -0.2) is 0 Å². The van der Waals surface area contributed by atoms with Gasteiger partial charge in [0, 0.05) is 11.1 Å². The molecule has 1 aliphatic heterocycles. The molecule has 3 heteroatoms. The van der Waals surface area contributed by atoms with E-state index in [0.717, 1.165) is 0 Å². The molecule has 2 amide bonds. The molecule has 0 atom stereocenters. The van der Waals surface area contributed by atoms with Crippen LogP contribution < -0.4 is 5.32 Å². The SMILES string of the molecule is C=CCC1=C(C)C(=O)NC1=O. The van der Waals surface area contributed by atoms with E-state index in [1.54, 1.807) is 13.0 Å². The van der Waals surface area contributed by atoms with E-state index in [0.29, 0.717) is 17.6 Å². The van der Waals surface area contributed by atoms with Crippen LogP contribution in [0.1, 0.15) is 13.3 Å². The van der Waals surface area contributed by atoms with E-state index in [1.165, 1.54) is 0 Å². The zero-order chi connectivity index (χ0) is 8.43. The van der Waals surface area contributed by atoms with Crippen LogP contribution in [0.3, 0.4) is 0 Å². The zero-order valence-corrected chi connectivity index (χ0v) is 6.31. The summed E-state index contributed by atoms with van der Waals surface area (Å²) < 4.78 is 0. The van der Waals surface area contributed by atoms with Gasteiger partial charge in [0.15, 0.2) is 0 Å². The number of hydrogen-bond donors (Lipinski definition) is 1. The highest BCUT2D eigenvalue weighted by Crippen LogP contribution is 2.14. The predicted octanol–water partition coefficient (Wildman–Crippen LogP) is 0.535. The molecule has 1 heterocycles. The van der Waals surface area contributed by atoms with E-state index in [2.05, 4.69) is 11.9 Å². The first-order chi connectivity index (χ1) is 5.16. The Morgan fingerprint density at radius 1 is 1.45 bits per heavy atom. The molecule has 0 fully saturated rings. The van der Waals surface area contributed by atoms with Gasteiger partial charge in [-0.15, -0.1) is 6.58 Å². The van der Waals surface area contributed by atoms with Crippen LogP contribution in [-0.4, -0.2) is 11.8 Å². The van der Waals surface area contributed by atoms with Crippen molar-refractivity contribution in [2.24, 2.45) is 0 Å². The van der Waals surface area contributed by atoms with Crippen molar-refractivity contribution in [3.05, 3.63) is 23.8 Å². The molecule has 1 aliphatic rings. The Balaban J connectivity index is 2.96. The Bertz CT molecular complexity index is 263. The Hall–Kier alpha value is -1.38. The van der Waals surface area contributed by atoms with Gasteiger partial charge in [0.2, 0.25) is 0 Å². The lowest BCUT2D eigenvalue weighted by molar-refractivity contribution is -0.124. The van der Waals surface area contributed by atoms with Gasteiger partial charge in [-0.05, 0) is 13.3 Å². The van der Waals surface area contributed by atoms with E-state index in [1.807, 2.05) is 0 Å². The molecule has 0 bridgehead atoms. The fourth-order valence-corrected chi connectivity index (χ4v) is 0.970. The molecule has 0 spiro atoms. The topological polar surface area (TPSA) is 46.2 Å². The average molecular weight is 151 g/mol. The van der Waals surface area contributed by atoms with Gasteiger partial charge in [-0.2, -0.15) is 0 Å². The lowest BCUT2D eigenvalue weighted by Gasteiger charge is -1.91. The number of rotatable bonds is 2. The maximum Gasteiger partial charge on any atom is 0.254 e. The van der Waals surface area contributed by atoms with Crippen LogP contribution in [0.25, 0.3) is 0 Å². The van der Waals surface area contributed by atoms with Crippen molar-refractivity contribution in [1.29, 1.82) is 0 Å². The molecule has 0 aromatic carbocycles. The fourth-order valence-electron chi connectivity index (χ4n) is 0.970. The third-order valence-corrected chi connectivity index (χ3v) is 1.64. The van der Waals surface area contributed by atoms with E-state index in [9.17, 15) is 9.59 Å². The van der Waals surface area contributed by atoms with Crippen LogP contribution in [0, 0.1) is 0 Å². The van der Waals surface area contributed by atoms with Crippen LogP contribution >= 0.6 is 0 Å². The summed E-state index contributed by atoms with van der Waals surface area (Å²) in [4.78, 5) is 21.8. The van der Waals surface area contributed by atoms with Gasteiger partial charge in [-0.1, -0.05) is 6.08 Å². The summed E-state index contributed by atoms with van der Waals surface area (Å²) >= 11 is 0. The zero-order valence-electron chi connectivity index (χ0n) is 6.31. The van der Waals surface area contributed by atoms with Crippen molar-refractivity contribution in [1.82, 2.24) is 5.32 Å². The summed E-state index contributed by atoms with van der Waals surface area (Å²) in [7, 11) is 0. The minimum atomic E-state index is -0.285. The maximum absolute atomic E-state index is 10.9. The molecule has 1 N–H and O–H groups in total. The number of hydrogen-bond acceptors (Lipinski definition) is 2. The second kappa shape index (κ2) is 2.70. The van der Waals surface area contributed by atoms with Crippen molar-refractivity contribution >= 4 is 11.8 Å². The first-order valence-corrected chi connectivity index (χ1v) is 3.33. The number of amides is 2. The van der Waals surface area contributed by atoms with Crippen LogP contribution in [0.4, 0.5) is 0 Å². The maximum atomic E-state index is 10.9. The molecule has 0 saturated carbocycles. The summed E-state index contributed by atoms with van der Waals surface area (Å²) in [6.45, 7) is 5.13. The van der Waals surface area contributed by atoms with Crippen LogP contribution in [0.15, 0.2) is 23.8 Å². The number of nitrogens with one attached hydrogen (secondary N) is 1. The highest BCUT2D eigenvalue weighted by molar-refractivity contribution is 6.19. The molecule has 1 rings (SSSR count). The number of allylic oxidation sites excluding steroid dienone is 1. The minimum absolute atomic E-state index is 0.285. The van der Waals surface area contributed by atoms with E-state index in [-0.39, 0.29) is 11.8 Å². The molecule has 0 aliphatic carbocycles. The number of carbonyl (C=O) groups excluding carboxylic acids is 2. The minimum Gasteiger partial charge on any atom is -0.289 e. The Morgan fingerprint density at radius 2 is 2.09 bits per heavy atom. The third-order valence-electron chi connectivity index (χ3n) is 1.64. The molecule has 0 aromatic heterocycles. The van der Waals surface area contributed by atoms with E-state index in [4.69, 9.17) is 0 Å². The summed E-state index contributed by atoms with van der Waals surface area (Å²) in [6.07, 6.45) is 2.07. The Kier molecular flexibility index (Phi) is 1.89. The van der Waals surface area contributed by atoms with Crippen LogP contribution in [0.2, 0.25) is 0 Å². The van der Waals surface area contributed by atoms with Crippen molar-refractivity contribution in [3.63, 3.8) is 0 Å². The molecule has 58 valence electrons. The van der Waals surface area contributed by atoms with Gasteiger partial charge in [0.25, 0.3) is 11.8 Å². The van der Waals surface area contributed by atoms with Crippen molar-refractivity contribution in [2.75, 3.05) is 0 Å². The third kappa shape index (κ3) is 1.22. The first kappa shape index (κ1) is 7.72. The normalized spacial score (nSPS) is 17.2. The lowest BCUT2D eigenvalue weighted by atomic mass is 10.1. The summed E-state index contributed by atoms with van der Waals surface area (Å²) in [6, 6.07) is 0. The fraction of sp³-hybridized carbons (Fsp3) is 0.250. The molecule has 3 nitrogen and oxygen atoms in total. The van der Waals surface area contributed by atoms with Gasteiger partial charge in [0.1, 0.15) is 0 Å². The second-order valence-electron chi connectivity index (χ2n) is 2.38. The highest BCUT2D eigenvalue weighted by atomic mass is 16.2. The van der Waals surface area contributed by atoms with E-state index < -0.39 is 0 Å². The lowest BCUT2D eigenvalue weighted by Crippen LogP contribution is -2.22. The summed E-state index contributed by atoms with van der Waals surface area (Å²) in [5, 5.41) is 2.20. The quantitative estimate of drug-likeness (QED) is 0.462. The molecule has 0 saturated heterocycles. The summed E-state index contributed by atoms with van der Waals surface area (Å²) in [5.41, 5.74) is 1.04. The van der Waals surface area contributed by atoms with Gasteiger partial charge < -0.3 is 0 Å². The van der Waals surface area contributed by atoms with Crippen molar-refractivity contribution in [3.8, 4) is 0 Å². The standard InChI is InChI=1S/C8H9NO2/c1-3-4-6-5(2)7(10)9-8(6)11/h3H,1,4H2,2H3,(H,9,10,11). The summed E-state index contributed by atoms with van der Waals surface area (Å²) in [5.74, 6) is -0.570. The molecule has 11 heavy (non-hydrogen) atoms. The molecule has 0 aromatic rings. The molecular weight excluding hydrogens is 142 g/mol. The van der Waals surface area contributed by atoms with Gasteiger partial charge in [0.05, 0.1) is 0 Å². The van der Waals surface area contributed by atoms with E-state index >= 15 is 0 Å². The van der Waals surface area contributed by atoms with Gasteiger partial charge >= 0.3 is 0 Å². The average Bonchev–Trinajstić information content (AvgIpc) is 2.17. The Labute approximate surface area is 64.8 Å². The number of imide groups is 1. The smallest absolute Gasteiger partial charge is 0.254 e. The highest BCUT2D eigenvalue weighted by Gasteiger charge is 2.25. The predicted molar refractivity (Wildman–Crippen MR) is 40.7 cm³/mol. The molecular formula is C8H9NO2. The second-order valence-corrected chi connectivity index (χ2v) is 2.38. The van der Waals surface area contributed by atoms with Crippen LogP contribution in [0.5, 0.6) is 0 Å². The first-order valence-electron chi connectivity index (χ1n) is 3.33. The Morgan fingerprint density at radius 3 is 2.45 bits per heavy atom. The largest absolute Gasteiger partial charge is 0.289 e. The van der Waals surface area contributed by atoms with Crippen LogP contribution in [-0.2, 0) is 9.59 Å². The monoisotopic (exact) mass is 151 g/mol. The molecule has 0 radical (unpaired) electrons. The van der Waals surface area contributed by atoms with Crippen molar-refractivity contribution in [2.45, 2.75) is 13.3 Å². The number of carbonyl (C=O) groups is 2.